The fourth-order valence-electron chi connectivity index (χ4n) is 1.16. The summed E-state index contributed by atoms with van der Waals surface area (Å²) >= 11 is 3.64. The molecule has 0 aromatic carbocycles. The second-order valence-corrected chi connectivity index (χ2v) is 5.34. The molecule has 2 rings (SSSR count). The summed E-state index contributed by atoms with van der Waals surface area (Å²) in [7, 11) is 0. The van der Waals surface area contributed by atoms with Crippen LogP contribution in [0.4, 0.5) is 0 Å². The molecule has 0 N–H and O–H groups in total. The standard InChI is InChI=1S/C9H8IN3OS/c1-6-12-8(5-15-6)4-13-9(14)2-7(10)3-11-13/h2-3,5H,4H2,1H3. The van der Waals surface area contributed by atoms with Crippen molar-refractivity contribution in [2.75, 3.05) is 0 Å². The fraction of sp³-hybridized carbons (Fsp3) is 0.222. The van der Waals surface area contributed by atoms with Crippen LogP contribution in [0, 0.1) is 10.5 Å². The summed E-state index contributed by atoms with van der Waals surface area (Å²) in [5.41, 5.74) is 0.792. The molecule has 0 aliphatic carbocycles. The van der Waals surface area contributed by atoms with Gasteiger partial charge < -0.3 is 0 Å². The lowest BCUT2D eigenvalue weighted by Gasteiger charge is -2.00. The average molecular weight is 333 g/mol. The lowest BCUT2D eigenvalue weighted by Crippen LogP contribution is -2.22. The minimum absolute atomic E-state index is 0.0902. The van der Waals surface area contributed by atoms with Crippen LogP contribution >= 0.6 is 33.9 Å². The molecule has 0 bridgehead atoms. The Morgan fingerprint density at radius 2 is 2.40 bits per heavy atom. The van der Waals surface area contributed by atoms with E-state index < -0.39 is 0 Å². The number of aryl methyl sites for hydroxylation is 1. The number of hydrogen-bond donors (Lipinski definition) is 0. The molecule has 0 saturated carbocycles. The molecule has 4 nitrogen and oxygen atoms in total. The summed E-state index contributed by atoms with van der Waals surface area (Å²) in [4.78, 5) is 15.8. The number of rotatable bonds is 2. The van der Waals surface area contributed by atoms with Crippen LogP contribution in [-0.4, -0.2) is 14.8 Å². The quantitative estimate of drug-likeness (QED) is 0.786. The molecule has 15 heavy (non-hydrogen) atoms. The molecule has 2 heterocycles. The Balaban J connectivity index is 2.28. The van der Waals surface area contributed by atoms with Crippen LogP contribution in [0.2, 0.25) is 0 Å². The van der Waals surface area contributed by atoms with Crippen molar-refractivity contribution in [2.45, 2.75) is 13.5 Å². The molecule has 0 amide bonds. The average Bonchev–Trinajstić information content (AvgIpc) is 2.56. The van der Waals surface area contributed by atoms with Gasteiger partial charge in [-0.15, -0.1) is 11.3 Å². The second kappa shape index (κ2) is 4.40. The molecule has 2 aromatic heterocycles. The normalized spacial score (nSPS) is 10.5. The van der Waals surface area contributed by atoms with Gasteiger partial charge in [-0.1, -0.05) is 0 Å². The molecule has 0 aliphatic rings. The largest absolute Gasteiger partial charge is 0.268 e. The zero-order valence-electron chi connectivity index (χ0n) is 7.98. The zero-order chi connectivity index (χ0) is 10.8. The maximum atomic E-state index is 11.5. The minimum Gasteiger partial charge on any atom is -0.268 e. The van der Waals surface area contributed by atoms with Gasteiger partial charge in [0, 0.05) is 15.0 Å². The van der Waals surface area contributed by atoms with Crippen LogP contribution in [0.15, 0.2) is 22.4 Å². The van der Waals surface area contributed by atoms with Gasteiger partial charge in [-0.3, -0.25) is 4.79 Å². The molecule has 0 atom stereocenters. The van der Waals surface area contributed by atoms with E-state index in [1.807, 2.05) is 12.3 Å². The van der Waals surface area contributed by atoms with Crippen LogP contribution in [0.25, 0.3) is 0 Å². The molecule has 0 radical (unpaired) electrons. The first-order chi connectivity index (χ1) is 7.15. The van der Waals surface area contributed by atoms with E-state index in [-0.39, 0.29) is 5.56 Å². The summed E-state index contributed by atoms with van der Waals surface area (Å²) in [5, 5.41) is 6.99. The van der Waals surface area contributed by atoms with E-state index >= 15 is 0 Å². The van der Waals surface area contributed by atoms with Gasteiger partial charge in [0.25, 0.3) is 5.56 Å². The number of thiazole rings is 1. The van der Waals surface area contributed by atoms with E-state index in [0.29, 0.717) is 6.54 Å². The predicted molar refractivity (Wildman–Crippen MR) is 67.2 cm³/mol. The Morgan fingerprint density at radius 3 is 3.00 bits per heavy atom. The van der Waals surface area contributed by atoms with Crippen molar-refractivity contribution in [3.05, 3.63) is 42.3 Å². The molecule has 0 spiro atoms. The van der Waals surface area contributed by atoms with Gasteiger partial charge in [-0.25, -0.2) is 9.67 Å². The Bertz CT molecular complexity index is 534. The highest BCUT2D eigenvalue weighted by Crippen LogP contribution is 2.08. The Kier molecular flexibility index (Phi) is 3.15. The third kappa shape index (κ3) is 2.63. The molecule has 0 saturated heterocycles. The Hall–Kier alpha value is -0.760. The smallest absolute Gasteiger partial charge is 0.268 e. The molecular weight excluding hydrogens is 325 g/mol. The topological polar surface area (TPSA) is 47.8 Å². The molecular formula is C9H8IN3OS. The van der Waals surface area contributed by atoms with Gasteiger partial charge in [0.2, 0.25) is 0 Å². The highest BCUT2D eigenvalue weighted by molar-refractivity contribution is 14.1. The van der Waals surface area contributed by atoms with E-state index in [2.05, 4.69) is 32.7 Å². The third-order valence-corrected chi connectivity index (χ3v) is 3.23. The van der Waals surface area contributed by atoms with Crippen LogP contribution in [0.3, 0.4) is 0 Å². The van der Waals surface area contributed by atoms with Gasteiger partial charge >= 0.3 is 0 Å². The highest BCUT2D eigenvalue weighted by atomic mass is 127. The number of aromatic nitrogens is 3. The van der Waals surface area contributed by atoms with E-state index in [4.69, 9.17) is 0 Å². The van der Waals surface area contributed by atoms with E-state index in [1.54, 1.807) is 23.6 Å². The van der Waals surface area contributed by atoms with Gasteiger partial charge in [-0.05, 0) is 29.5 Å². The molecule has 0 aliphatic heterocycles. The van der Waals surface area contributed by atoms with Crippen LogP contribution in [0.5, 0.6) is 0 Å². The van der Waals surface area contributed by atoms with Crippen molar-refractivity contribution in [1.82, 2.24) is 14.8 Å². The Labute approximate surface area is 104 Å². The van der Waals surface area contributed by atoms with Crippen molar-refractivity contribution < 1.29 is 0 Å². The maximum Gasteiger partial charge on any atom is 0.268 e. The van der Waals surface area contributed by atoms with Crippen LogP contribution < -0.4 is 5.56 Å². The van der Waals surface area contributed by atoms with Crippen molar-refractivity contribution in [1.29, 1.82) is 0 Å². The van der Waals surface area contributed by atoms with E-state index in [9.17, 15) is 4.79 Å². The zero-order valence-corrected chi connectivity index (χ0v) is 10.9. The van der Waals surface area contributed by atoms with Crippen LogP contribution in [0.1, 0.15) is 10.7 Å². The fourth-order valence-corrected chi connectivity index (χ4v) is 2.16. The lowest BCUT2D eigenvalue weighted by molar-refractivity contribution is 0.627. The van der Waals surface area contributed by atoms with Gasteiger partial charge in [0.05, 0.1) is 23.4 Å². The number of halogens is 1. The monoisotopic (exact) mass is 333 g/mol. The molecule has 2 aromatic rings. The minimum atomic E-state index is -0.0902. The molecule has 78 valence electrons. The van der Waals surface area contributed by atoms with E-state index in [1.165, 1.54) is 4.68 Å². The van der Waals surface area contributed by atoms with Crippen LogP contribution in [-0.2, 0) is 6.54 Å². The first-order valence-corrected chi connectivity index (χ1v) is 6.24. The Morgan fingerprint density at radius 1 is 1.60 bits per heavy atom. The summed E-state index contributed by atoms with van der Waals surface area (Å²) in [6.45, 7) is 2.39. The SMILES string of the molecule is Cc1nc(Cn2ncc(I)cc2=O)cs1. The first kappa shape index (κ1) is 10.7. The summed E-state index contributed by atoms with van der Waals surface area (Å²) < 4.78 is 2.26. The maximum absolute atomic E-state index is 11.5. The van der Waals surface area contributed by atoms with Gasteiger partial charge in [-0.2, -0.15) is 5.10 Å². The molecule has 0 unspecified atom stereocenters. The summed E-state index contributed by atoms with van der Waals surface area (Å²) in [6, 6.07) is 1.56. The van der Waals surface area contributed by atoms with Crippen molar-refractivity contribution >= 4 is 33.9 Å². The predicted octanol–water partition coefficient (Wildman–Crippen LogP) is 1.66. The van der Waals surface area contributed by atoms with Gasteiger partial charge in [0.15, 0.2) is 0 Å². The summed E-state index contributed by atoms with van der Waals surface area (Å²) in [5.74, 6) is 0. The van der Waals surface area contributed by atoms with Gasteiger partial charge in [0.1, 0.15) is 0 Å². The van der Waals surface area contributed by atoms with Crippen molar-refractivity contribution in [3.63, 3.8) is 0 Å². The highest BCUT2D eigenvalue weighted by Gasteiger charge is 2.02. The van der Waals surface area contributed by atoms with Crippen molar-refractivity contribution in [3.8, 4) is 0 Å². The second-order valence-electron chi connectivity index (χ2n) is 3.03. The first-order valence-electron chi connectivity index (χ1n) is 4.29. The number of nitrogens with zero attached hydrogens (tertiary/aromatic N) is 3. The van der Waals surface area contributed by atoms with E-state index in [0.717, 1.165) is 14.3 Å². The van der Waals surface area contributed by atoms with Crippen molar-refractivity contribution in [2.24, 2.45) is 0 Å². The number of hydrogen-bond acceptors (Lipinski definition) is 4. The third-order valence-electron chi connectivity index (χ3n) is 1.81. The molecule has 0 fully saturated rings. The molecule has 6 heteroatoms. The lowest BCUT2D eigenvalue weighted by atomic mass is 10.5. The summed E-state index contributed by atoms with van der Waals surface area (Å²) in [6.07, 6.45) is 1.67.